The van der Waals surface area contributed by atoms with E-state index in [2.05, 4.69) is 18.4 Å². The molecule has 1 saturated heterocycles. The first-order valence-corrected chi connectivity index (χ1v) is 5.88. The molecule has 1 fully saturated rings. The fourth-order valence-electron chi connectivity index (χ4n) is 1.83. The number of aryl methyl sites for hydroxylation is 1. The highest BCUT2D eigenvalue weighted by Gasteiger charge is 2.41. The van der Waals surface area contributed by atoms with Crippen LogP contribution in [0.25, 0.3) is 0 Å². The van der Waals surface area contributed by atoms with Crippen LogP contribution >= 0.6 is 22.9 Å². The third-order valence-electron chi connectivity index (χ3n) is 2.67. The smallest absolute Gasteiger partial charge is 0.0594 e. The first-order valence-electron chi connectivity index (χ1n) is 4.47. The molecule has 2 heterocycles. The van der Waals surface area contributed by atoms with E-state index in [4.69, 9.17) is 16.3 Å². The lowest BCUT2D eigenvalue weighted by Gasteiger charge is -2.41. The van der Waals surface area contributed by atoms with Gasteiger partial charge in [0.1, 0.15) is 0 Å². The van der Waals surface area contributed by atoms with Crippen molar-refractivity contribution < 1.29 is 4.74 Å². The van der Waals surface area contributed by atoms with Gasteiger partial charge in [0.15, 0.2) is 0 Å². The van der Waals surface area contributed by atoms with E-state index in [1.807, 2.05) is 11.3 Å². The molecule has 0 N–H and O–H groups in total. The number of ether oxygens (including phenoxy) is 1. The van der Waals surface area contributed by atoms with Gasteiger partial charge in [0.25, 0.3) is 0 Å². The second-order valence-corrected chi connectivity index (χ2v) is 4.94. The van der Waals surface area contributed by atoms with Crippen LogP contribution < -0.4 is 0 Å². The zero-order valence-corrected chi connectivity index (χ0v) is 9.25. The highest BCUT2D eigenvalue weighted by atomic mass is 35.5. The predicted octanol–water partition coefficient (Wildman–Crippen LogP) is 2.95. The maximum absolute atomic E-state index is 5.82. The van der Waals surface area contributed by atoms with Crippen molar-refractivity contribution in [2.75, 3.05) is 19.1 Å². The van der Waals surface area contributed by atoms with Crippen LogP contribution in [0.2, 0.25) is 0 Å². The molecule has 0 radical (unpaired) electrons. The largest absolute Gasteiger partial charge is 0.379 e. The van der Waals surface area contributed by atoms with Gasteiger partial charge in [0, 0.05) is 10.8 Å². The lowest BCUT2D eigenvalue weighted by molar-refractivity contribution is -0.0599. The van der Waals surface area contributed by atoms with Gasteiger partial charge < -0.3 is 4.74 Å². The average molecular weight is 217 g/mol. The normalized spacial score (nSPS) is 19.8. The molecular weight excluding hydrogens is 204 g/mol. The van der Waals surface area contributed by atoms with Gasteiger partial charge in [-0.25, -0.2) is 0 Å². The fourth-order valence-corrected chi connectivity index (χ4v) is 3.33. The Kier molecular flexibility index (Phi) is 2.63. The standard InChI is InChI=1S/C10H13ClOS/c1-8-2-5-13-9(8)10(3-4-11)6-12-7-10/h2,5H,3-4,6-7H2,1H3. The Balaban J connectivity index is 2.26. The number of alkyl halides is 1. The third kappa shape index (κ3) is 1.51. The van der Waals surface area contributed by atoms with Gasteiger partial charge in [0.2, 0.25) is 0 Å². The number of hydrogen-bond acceptors (Lipinski definition) is 2. The molecule has 0 saturated carbocycles. The topological polar surface area (TPSA) is 9.23 Å². The molecule has 2 rings (SSSR count). The van der Waals surface area contributed by atoms with Crippen LogP contribution in [0.4, 0.5) is 0 Å². The number of rotatable bonds is 3. The van der Waals surface area contributed by atoms with E-state index in [1.54, 1.807) is 0 Å². The summed E-state index contributed by atoms with van der Waals surface area (Å²) in [6, 6.07) is 2.17. The second-order valence-electron chi connectivity index (χ2n) is 3.64. The van der Waals surface area contributed by atoms with Crippen molar-refractivity contribution in [3.8, 4) is 0 Å². The van der Waals surface area contributed by atoms with Gasteiger partial charge in [0.05, 0.1) is 18.6 Å². The average Bonchev–Trinajstić information content (AvgIpc) is 2.44. The molecule has 13 heavy (non-hydrogen) atoms. The Morgan fingerprint density at radius 3 is 2.77 bits per heavy atom. The molecule has 0 amide bonds. The highest BCUT2D eigenvalue weighted by molar-refractivity contribution is 7.10. The van der Waals surface area contributed by atoms with Gasteiger partial charge in [-0.2, -0.15) is 0 Å². The molecule has 1 aliphatic rings. The monoisotopic (exact) mass is 216 g/mol. The van der Waals surface area contributed by atoms with E-state index >= 15 is 0 Å². The van der Waals surface area contributed by atoms with Gasteiger partial charge in [-0.15, -0.1) is 22.9 Å². The van der Waals surface area contributed by atoms with Crippen LogP contribution in [-0.4, -0.2) is 19.1 Å². The van der Waals surface area contributed by atoms with E-state index in [0.717, 1.165) is 25.5 Å². The molecule has 0 aromatic carbocycles. The molecule has 0 aliphatic carbocycles. The molecular formula is C10H13ClOS. The molecule has 0 spiro atoms. The van der Waals surface area contributed by atoms with Gasteiger partial charge in [-0.1, -0.05) is 0 Å². The maximum Gasteiger partial charge on any atom is 0.0594 e. The number of hydrogen-bond donors (Lipinski definition) is 0. The van der Waals surface area contributed by atoms with Crippen molar-refractivity contribution in [1.29, 1.82) is 0 Å². The van der Waals surface area contributed by atoms with E-state index in [-0.39, 0.29) is 5.41 Å². The number of thiophene rings is 1. The summed E-state index contributed by atoms with van der Waals surface area (Å²) >= 11 is 7.65. The van der Waals surface area contributed by atoms with Crippen LogP contribution in [0, 0.1) is 6.92 Å². The first-order chi connectivity index (χ1) is 6.28. The molecule has 3 heteroatoms. The number of halogens is 1. The Morgan fingerprint density at radius 2 is 2.38 bits per heavy atom. The van der Waals surface area contributed by atoms with Crippen molar-refractivity contribution >= 4 is 22.9 Å². The van der Waals surface area contributed by atoms with E-state index in [0.29, 0.717) is 0 Å². The van der Waals surface area contributed by atoms with E-state index in [1.165, 1.54) is 10.4 Å². The van der Waals surface area contributed by atoms with Crippen molar-refractivity contribution in [2.45, 2.75) is 18.8 Å². The van der Waals surface area contributed by atoms with Crippen LogP contribution in [-0.2, 0) is 10.2 Å². The summed E-state index contributed by atoms with van der Waals surface area (Å²) in [4.78, 5) is 1.47. The zero-order valence-electron chi connectivity index (χ0n) is 7.68. The third-order valence-corrected chi connectivity index (χ3v) is 4.13. The van der Waals surface area contributed by atoms with Crippen molar-refractivity contribution in [2.24, 2.45) is 0 Å². The van der Waals surface area contributed by atoms with Crippen LogP contribution in [0.1, 0.15) is 16.9 Å². The van der Waals surface area contributed by atoms with Gasteiger partial charge in [-0.3, -0.25) is 0 Å². The zero-order chi connectivity index (χ0) is 9.31. The summed E-state index contributed by atoms with van der Waals surface area (Å²) in [7, 11) is 0. The molecule has 1 aromatic heterocycles. The fraction of sp³-hybridized carbons (Fsp3) is 0.600. The summed E-state index contributed by atoms with van der Waals surface area (Å²) in [5.41, 5.74) is 1.64. The Labute approximate surface area is 87.7 Å². The Bertz CT molecular complexity index is 291. The van der Waals surface area contributed by atoms with Crippen LogP contribution in [0.5, 0.6) is 0 Å². The first kappa shape index (κ1) is 9.50. The Hall–Kier alpha value is -0.0500. The SMILES string of the molecule is Cc1ccsc1C1(CCCl)COC1. The van der Waals surface area contributed by atoms with E-state index in [9.17, 15) is 0 Å². The minimum Gasteiger partial charge on any atom is -0.379 e. The van der Waals surface area contributed by atoms with Crippen molar-refractivity contribution in [3.05, 3.63) is 21.9 Å². The summed E-state index contributed by atoms with van der Waals surface area (Å²) in [6.07, 6.45) is 1.04. The lowest BCUT2D eigenvalue weighted by Crippen LogP contribution is -2.46. The van der Waals surface area contributed by atoms with Crippen molar-refractivity contribution in [3.63, 3.8) is 0 Å². The summed E-state index contributed by atoms with van der Waals surface area (Å²) < 4.78 is 5.32. The minimum atomic E-state index is 0.250. The summed E-state index contributed by atoms with van der Waals surface area (Å²) in [6.45, 7) is 3.86. The summed E-state index contributed by atoms with van der Waals surface area (Å²) in [5.74, 6) is 0.723. The lowest BCUT2D eigenvalue weighted by atomic mass is 9.80. The molecule has 1 aliphatic heterocycles. The quantitative estimate of drug-likeness (QED) is 0.706. The summed E-state index contributed by atoms with van der Waals surface area (Å²) in [5, 5.41) is 2.15. The van der Waals surface area contributed by atoms with Crippen molar-refractivity contribution in [1.82, 2.24) is 0 Å². The Morgan fingerprint density at radius 1 is 1.62 bits per heavy atom. The molecule has 1 aromatic rings. The molecule has 72 valence electrons. The predicted molar refractivity (Wildman–Crippen MR) is 56.9 cm³/mol. The van der Waals surface area contributed by atoms with Crippen LogP contribution in [0.3, 0.4) is 0 Å². The molecule has 0 atom stereocenters. The second kappa shape index (κ2) is 3.60. The maximum atomic E-state index is 5.82. The van der Waals surface area contributed by atoms with Gasteiger partial charge >= 0.3 is 0 Å². The van der Waals surface area contributed by atoms with Gasteiger partial charge in [-0.05, 0) is 30.4 Å². The van der Waals surface area contributed by atoms with Crippen LogP contribution in [0.15, 0.2) is 11.4 Å². The molecule has 1 nitrogen and oxygen atoms in total. The van der Waals surface area contributed by atoms with E-state index < -0.39 is 0 Å². The molecule has 0 bridgehead atoms. The minimum absolute atomic E-state index is 0.250. The molecule has 0 unspecified atom stereocenters. The highest BCUT2D eigenvalue weighted by Crippen LogP contribution is 2.40.